The SMILES string of the molecule is COc1ccnc(C(=O)N[C@H]2COC(=O)[C@H](Cc3ccccc3)[C@@H](OC(=O)C(C)C)[C@H](C)OC2=O)c1OC. The molecule has 1 aliphatic rings. The number of methoxy groups -OCH3 is 2. The zero-order chi connectivity index (χ0) is 27.8. The number of hydrogen-bond donors (Lipinski definition) is 1. The van der Waals surface area contributed by atoms with Gasteiger partial charge >= 0.3 is 17.9 Å². The molecule has 0 aliphatic carbocycles. The Morgan fingerprint density at radius 3 is 2.42 bits per heavy atom. The molecule has 0 spiro atoms. The van der Waals surface area contributed by atoms with E-state index in [1.807, 2.05) is 30.3 Å². The molecule has 204 valence electrons. The van der Waals surface area contributed by atoms with E-state index in [0.29, 0.717) is 0 Å². The van der Waals surface area contributed by atoms with Gasteiger partial charge in [0.1, 0.15) is 18.6 Å². The Balaban J connectivity index is 1.88. The van der Waals surface area contributed by atoms with Crippen LogP contribution in [0.2, 0.25) is 0 Å². The molecular formula is C27H32N2O9. The van der Waals surface area contributed by atoms with Crippen molar-refractivity contribution in [2.24, 2.45) is 11.8 Å². The summed E-state index contributed by atoms with van der Waals surface area (Å²) in [5.74, 6) is -3.99. The Bertz CT molecular complexity index is 1150. The van der Waals surface area contributed by atoms with Crippen molar-refractivity contribution in [3.05, 3.63) is 53.9 Å². The maximum absolute atomic E-state index is 13.3. The molecule has 0 unspecified atom stereocenters. The van der Waals surface area contributed by atoms with Crippen molar-refractivity contribution in [3.8, 4) is 11.5 Å². The van der Waals surface area contributed by atoms with E-state index in [2.05, 4.69) is 10.3 Å². The van der Waals surface area contributed by atoms with Crippen molar-refractivity contribution < 1.29 is 42.9 Å². The molecule has 0 radical (unpaired) electrons. The molecule has 11 nitrogen and oxygen atoms in total. The maximum atomic E-state index is 13.3. The van der Waals surface area contributed by atoms with Crippen molar-refractivity contribution in [2.75, 3.05) is 20.8 Å². The Labute approximate surface area is 220 Å². The van der Waals surface area contributed by atoms with Crippen molar-refractivity contribution in [2.45, 2.75) is 45.4 Å². The van der Waals surface area contributed by atoms with Crippen molar-refractivity contribution in [3.63, 3.8) is 0 Å². The van der Waals surface area contributed by atoms with Crippen LogP contribution in [0.25, 0.3) is 0 Å². The average molecular weight is 529 g/mol. The number of pyridine rings is 1. The zero-order valence-corrected chi connectivity index (χ0v) is 22.0. The summed E-state index contributed by atoms with van der Waals surface area (Å²) in [6, 6.07) is 9.29. The minimum absolute atomic E-state index is 0.0675. The van der Waals surface area contributed by atoms with E-state index in [9.17, 15) is 19.2 Å². The maximum Gasteiger partial charge on any atom is 0.332 e. The summed E-state index contributed by atoms with van der Waals surface area (Å²) in [5, 5.41) is 2.49. The van der Waals surface area contributed by atoms with Crippen LogP contribution in [0.1, 0.15) is 36.8 Å². The zero-order valence-electron chi connectivity index (χ0n) is 22.0. The lowest BCUT2D eigenvalue weighted by molar-refractivity contribution is -0.176. The minimum atomic E-state index is -1.36. The first kappa shape index (κ1) is 28.4. The van der Waals surface area contributed by atoms with Crippen LogP contribution in [0.4, 0.5) is 0 Å². The van der Waals surface area contributed by atoms with E-state index in [1.165, 1.54) is 33.4 Å². The number of benzene rings is 1. The highest BCUT2D eigenvalue weighted by molar-refractivity contribution is 5.98. The second kappa shape index (κ2) is 12.9. The van der Waals surface area contributed by atoms with E-state index in [1.54, 1.807) is 13.8 Å². The van der Waals surface area contributed by atoms with Crippen LogP contribution in [-0.2, 0) is 35.0 Å². The number of rotatable bonds is 8. The lowest BCUT2D eigenvalue weighted by atomic mass is 9.91. The summed E-state index contributed by atoms with van der Waals surface area (Å²) >= 11 is 0. The van der Waals surface area contributed by atoms with Crippen LogP contribution >= 0.6 is 0 Å². The lowest BCUT2D eigenvalue weighted by Crippen LogP contribution is -2.47. The Morgan fingerprint density at radius 2 is 1.79 bits per heavy atom. The molecule has 0 saturated carbocycles. The number of aromatic nitrogens is 1. The van der Waals surface area contributed by atoms with Gasteiger partial charge < -0.3 is 29.0 Å². The highest BCUT2D eigenvalue weighted by Crippen LogP contribution is 2.29. The summed E-state index contributed by atoms with van der Waals surface area (Å²) in [5.41, 5.74) is 0.670. The molecule has 1 aromatic carbocycles. The number of amides is 1. The molecule has 3 rings (SSSR count). The normalized spacial score (nSPS) is 21.7. The van der Waals surface area contributed by atoms with Gasteiger partial charge in [0.15, 0.2) is 29.3 Å². The third kappa shape index (κ3) is 6.78. The Hall–Kier alpha value is -4.15. The Kier molecular flexibility index (Phi) is 9.64. The quantitative estimate of drug-likeness (QED) is 0.400. The second-order valence-corrected chi connectivity index (χ2v) is 9.05. The predicted molar refractivity (Wildman–Crippen MR) is 133 cm³/mol. The predicted octanol–water partition coefficient (Wildman–Crippen LogP) is 2.11. The number of nitrogens with zero attached hydrogens (tertiary/aromatic N) is 1. The summed E-state index contributed by atoms with van der Waals surface area (Å²) in [6.07, 6.45) is -0.606. The third-order valence-corrected chi connectivity index (χ3v) is 5.98. The van der Waals surface area contributed by atoms with Crippen LogP contribution in [0.3, 0.4) is 0 Å². The first-order valence-electron chi connectivity index (χ1n) is 12.2. The smallest absolute Gasteiger partial charge is 0.332 e. The minimum Gasteiger partial charge on any atom is -0.493 e. The van der Waals surface area contributed by atoms with Gasteiger partial charge in [-0.15, -0.1) is 0 Å². The molecule has 2 aromatic rings. The molecule has 4 atom stereocenters. The highest BCUT2D eigenvalue weighted by Gasteiger charge is 2.42. The molecule has 1 aliphatic heterocycles. The fraction of sp³-hybridized carbons (Fsp3) is 0.444. The van der Waals surface area contributed by atoms with Gasteiger partial charge in [-0.2, -0.15) is 0 Å². The number of esters is 3. The first-order valence-corrected chi connectivity index (χ1v) is 12.2. The molecule has 11 heteroatoms. The monoisotopic (exact) mass is 528 g/mol. The van der Waals surface area contributed by atoms with Gasteiger partial charge in [-0.05, 0) is 18.9 Å². The van der Waals surface area contributed by atoms with Gasteiger partial charge in [0.2, 0.25) is 0 Å². The van der Waals surface area contributed by atoms with Crippen LogP contribution in [-0.4, -0.2) is 67.9 Å². The number of carbonyl (C=O) groups excluding carboxylic acids is 4. The standard InChI is InChI=1S/C27H32N2O9/c1-15(2)25(31)38-22-16(3)37-27(33)19(14-36-26(32)18(22)13-17-9-7-6-8-10-17)29-24(30)21-23(35-5)20(34-4)11-12-28-21/h6-12,15-16,18-19,22H,13-14H2,1-5H3,(H,29,30)/t16-,18+,19-,22-/m0/s1. The second-order valence-electron chi connectivity index (χ2n) is 9.05. The van der Waals surface area contributed by atoms with E-state index in [0.717, 1.165) is 5.56 Å². The molecule has 0 bridgehead atoms. The molecule has 1 saturated heterocycles. The number of nitrogens with one attached hydrogen (secondary N) is 1. The van der Waals surface area contributed by atoms with Crippen LogP contribution < -0.4 is 14.8 Å². The fourth-order valence-electron chi connectivity index (χ4n) is 3.93. The van der Waals surface area contributed by atoms with Crippen molar-refractivity contribution in [1.29, 1.82) is 0 Å². The summed E-state index contributed by atoms with van der Waals surface area (Å²) in [4.78, 5) is 55.9. The third-order valence-electron chi connectivity index (χ3n) is 5.98. The van der Waals surface area contributed by atoms with Gasteiger partial charge in [-0.1, -0.05) is 44.2 Å². The molecule has 1 aromatic heterocycles. The highest BCUT2D eigenvalue weighted by atomic mass is 16.6. The average Bonchev–Trinajstić information content (AvgIpc) is 2.94. The lowest BCUT2D eigenvalue weighted by Gasteiger charge is -2.29. The first-order chi connectivity index (χ1) is 18.2. The van der Waals surface area contributed by atoms with Crippen LogP contribution in [0.5, 0.6) is 11.5 Å². The van der Waals surface area contributed by atoms with E-state index in [4.69, 9.17) is 23.7 Å². The number of ether oxygens (including phenoxy) is 5. The molecule has 1 N–H and O–H groups in total. The van der Waals surface area contributed by atoms with Crippen LogP contribution in [0.15, 0.2) is 42.6 Å². The van der Waals surface area contributed by atoms with Gasteiger partial charge in [0, 0.05) is 12.3 Å². The van der Waals surface area contributed by atoms with Crippen molar-refractivity contribution in [1.82, 2.24) is 10.3 Å². The fourth-order valence-corrected chi connectivity index (χ4v) is 3.93. The van der Waals surface area contributed by atoms with Gasteiger partial charge in [0.05, 0.1) is 20.1 Å². The number of carbonyl (C=O) groups is 4. The molecule has 1 amide bonds. The Morgan fingerprint density at radius 1 is 1.08 bits per heavy atom. The van der Waals surface area contributed by atoms with E-state index in [-0.39, 0.29) is 23.6 Å². The van der Waals surface area contributed by atoms with Gasteiger partial charge in [0.25, 0.3) is 5.91 Å². The molecule has 2 heterocycles. The summed E-state index contributed by atoms with van der Waals surface area (Å²) < 4.78 is 27.2. The van der Waals surface area contributed by atoms with Gasteiger partial charge in [-0.25, -0.2) is 9.78 Å². The summed E-state index contributed by atoms with van der Waals surface area (Å²) in [7, 11) is 2.75. The largest absolute Gasteiger partial charge is 0.493 e. The summed E-state index contributed by atoms with van der Waals surface area (Å²) in [6.45, 7) is 4.34. The van der Waals surface area contributed by atoms with E-state index >= 15 is 0 Å². The molecule has 38 heavy (non-hydrogen) atoms. The topological polar surface area (TPSA) is 139 Å². The van der Waals surface area contributed by atoms with Gasteiger partial charge in [-0.3, -0.25) is 14.4 Å². The van der Waals surface area contributed by atoms with Crippen molar-refractivity contribution >= 4 is 23.8 Å². The molecule has 1 fully saturated rings. The van der Waals surface area contributed by atoms with Crippen LogP contribution in [0, 0.1) is 11.8 Å². The molecular weight excluding hydrogens is 496 g/mol. The number of cyclic esters (lactones) is 2. The number of hydrogen-bond acceptors (Lipinski definition) is 10. The van der Waals surface area contributed by atoms with E-state index < -0.39 is 60.5 Å².